The van der Waals surface area contributed by atoms with Crippen molar-refractivity contribution in [2.75, 3.05) is 5.32 Å². The van der Waals surface area contributed by atoms with E-state index in [2.05, 4.69) is 20.3 Å². The zero-order chi connectivity index (χ0) is 18.3. The molecule has 0 spiro atoms. The van der Waals surface area contributed by atoms with Crippen molar-refractivity contribution in [1.29, 1.82) is 0 Å². The van der Waals surface area contributed by atoms with Gasteiger partial charge in [0.25, 0.3) is 0 Å². The van der Waals surface area contributed by atoms with E-state index >= 15 is 0 Å². The molecule has 2 aromatic rings. The minimum atomic E-state index is -1.97. The quantitative estimate of drug-likeness (QED) is 0.342. The van der Waals surface area contributed by atoms with Gasteiger partial charge in [0.2, 0.25) is 13.5 Å². The number of nitrogens with zero attached hydrogens (tertiary/aromatic N) is 3. The molecule has 0 radical (unpaired) electrons. The molecule has 0 aliphatic carbocycles. The number of halogens is 9. The van der Waals surface area contributed by atoms with Crippen molar-refractivity contribution < 1.29 is 0 Å². The summed E-state index contributed by atoms with van der Waals surface area (Å²) in [6.45, 7) is 0. The number of anilines is 2. The fourth-order valence-electron chi connectivity index (χ4n) is 1.42. The van der Waals surface area contributed by atoms with Crippen LogP contribution < -0.4 is 5.32 Å². The van der Waals surface area contributed by atoms with Gasteiger partial charge in [0.1, 0.15) is 0 Å². The van der Waals surface area contributed by atoms with Crippen LogP contribution in [0.1, 0.15) is 11.6 Å². The fraction of sp³-hybridized carbons (Fsp3) is 0.182. The van der Waals surface area contributed by atoms with E-state index < -0.39 is 7.59 Å². The Balaban J connectivity index is 2.52. The molecular formula is C11H3Cl9N4. The third-order valence-corrected chi connectivity index (χ3v) is 4.45. The summed E-state index contributed by atoms with van der Waals surface area (Å²) in [6.07, 6.45) is 0. The summed E-state index contributed by atoms with van der Waals surface area (Å²) in [6, 6.07) is 2.89. The molecule has 13 heteroatoms. The standard InChI is InChI=1S/C11H3Cl9N4/c12-3-1-5(14)6(2-4(3)13)21-9-23-7(10(15,16)17)22-8(24-9)11(18,19)20/h1-2H,(H,21,22,23,24). The van der Waals surface area contributed by atoms with E-state index in [0.717, 1.165) is 0 Å². The molecule has 0 unspecified atom stereocenters. The van der Waals surface area contributed by atoms with E-state index in [1.807, 2.05) is 0 Å². The molecule has 0 saturated carbocycles. The molecule has 0 bridgehead atoms. The van der Waals surface area contributed by atoms with Crippen molar-refractivity contribution in [3.05, 3.63) is 38.8 Å². The lowest BCUT2D eigenvalue weighted by Crippen LogP contribution is -2.17. The number of hydrogen-bond donors (Lipinski definition) is 1. The summed E-state index contributed by atoms with van der Waals surface area (Å²) in [5.74, 6) is -0.571. The lowest BCUT2D eigenvalue weighted by atomic mass is 10.3. The van der Waals surface area contributed by atoms with E-state index in [-0.39, 0.29) is 32.7 Å². The van der Waals surface area contributed by atoms with Crippen LogP contribution in [0.15, 0.2) is 12.1 Å². The Hall–Kier alpha value is 0.640. The Morgan fingerprint density at radius 2 is 1.12 bits per heavy atom. The van der Waals surface area contributed by atoms with Gasteiger partial charge in [0, 0.05) is 0 Å². The Bertz CT molecular complexity index is 737. The van der Waals surface area contributed by atoms with Gasteiger partial charge in [-0.1, -0.05) is 104 Å². The predicted octanol–water partition coefficient (Wildman–Crippen LogP) is 7.23. The molecule has 24 heavy (non-hydrogen) atoms. The largest absolute Gasteiger partial charge is 0.323 e. The molecule has 2 rings (SSSR count). The lowest BCUT2D eigenvalue weighted by molar-refractivity contribution is 0.851. The number of rotatable bonds is 2. The average Bonchev–Trinajstić information content (AvgIpc) is 2.42. The molecule has 0 aliphatic heterocycles. The highest BCUT2D eigenvalue weighted by Crippen LogP contribution is 2.41. The SMILES string of the molecule is Clc1cc(Cl)c(Nc2nc(C(Cl)(Cl)Cl)nc(C(Cl)(Cl)Cl)n2)cc1Cl. The van der Waals surface area contributed by atoms with Gasteiger partial charge in [-0.2, -0.15) is 9.97 Å². The molecule has 0 saturated heterocycles. The number of hydrogen-bond acceptors (Lipinski definition) is 4. The van der Waals surface area contributed by atoms with Crippen LogP contribution in [0.25, 0.3) is 0 Å². The first kappa shape index (κ1) is 20.9. The number of aromatic nitrogens is 3. The first-order valence-electron chi connectivity index (χ1n) is 5.70. The van der Waals surface area contributed by atoms with Crippen molar-refractivity contribution in [1.82, 2.24) is 15.0 Å². The molecule has 1 N–H and O–H groups in total. The number of alkyl halides is 6. The van der Waals surface area contributed by atoms with Crippen molar-refractivity contribution >= 4 is 116 Å². The lowest BCUT2D eigenvalue weighted by Gasteiger charge is -2.16. The maximum atomic E-state index is 6.08. The van der Waals surface area contributed by atoms with E-state index in [1.54, 1.807) is 0 Å². The van der Waals surface area contributed by atoms with Crippen LogP contribution in [0, 0.1) is 0 Å². The van der Waals surface area contributed by atoms with Crippen molar-refractivity contribution in [3.63, 3.8) is 0 Å². The van der Waals surface area contributed by atoms with Crippen molar-refractivity contribution in [2.45, 2.75) is 7.59 Å². The number of nitrogens with one attached hydrogen (secondary N) is 1. The van der Waals surface area contributed by atoms with Gasteiger partial charge < -0.3 is 5.32 Å². The highest BCUT2D eigenvalue weighted by Gasteiger charge is 2.34. The summed E-state index contributed by atoms with van der Waals surface area (Å²) in [4.78, 5) is 11.8. The van der Waals surface area contributed by atoms with E-state index in [1.165, 1.54) is 12.1 Å². The third kappa shape index (κ3) is 5.32. The second-order valence-corrected chi connectivity index (χ2v) is 9.96. The van der Waals surface area contributed by atoms with Crippen LogP contribution in [-0.2, 0) is 7.59 Å². The fourth-order valence-corrected chi connectivity index (χ4v) is 2.53. The molecular weight excluding hydrogens is 507 g/mol. The first-order valence-corrected chi connectivity index (χ1v) is 9.10. The summed E-state index contributed by atoms with van der Waals surface area (Å²) >= 11 is 52.6. The van der Waals surface area contributed by atoms with Crippen LogP contribution in [0.4, 0.5) is 11.6 Å². The van der Waals surface area contributed by atoms with Gasteiger partial charge in [-0.15, -0.1) is 0 Å². The Kier molecular flexibility index (Phi) is 6.73. The molecule has 1 heterocycles. The predicted molar refractivity (Wildman–Crippen MR) is 103 cm³/mol. The van der Waals surface area contributed by atoms with Crippen LogP contribution in [0.2, 0.25) is 15.1 Å². The van der Waals surface area contributed by atoms with Gasteiger partial charge in [-0.05, 0) is 12.1 Å². The second-order valence-electron chi connectivity index (χ2n) is 4.17. The monoisotopic (exact) mass is 506 g/mol. The van der Waals surface area contributed by atoms with Gasteiger partial charge in [0.15, 0.2) is 11.6 Å². The molecule has 0 amide bonds. The third-order valence-electron chi connectivity index (χ3n) is 2.40. The zero-order valence-corrected chi connectivity index (χ0v) is 17.7. The smallest absolute Gasteiger partial charge is 0.250 e. The van der Waals surface area contributed by atoms with Crippen molar-refractivity contribution in [3.8, 4) is 0 Å². The maximum Gasteiger partial charge on any atom is 0.250 e. The van der Waals surface area contributed by atoms with Crippen LogP contribution in [0.3, 0.4) is 0 Å². The highest BCUT2D eigenvalue weighted by molar-refractivity contribution is 6.67. The Labute approximate surface area is 181 Å². The number of benzene rings is 1. The zero-order valence-electron chi connectivity index (χ0n) is 10.9. The van der Waals surface area contributed by atoms with Gasteiger partial charge in [0.05, 0.1) is 20.8 Å². The average molecular weight is 510 g/mol. The highest BCUT2D eigenvalue weighted by atomic mass is 35.6. The molecule has 1 aromatic heterocycles. The molecule has 0 atom stereocenters. The van der Waals surface area contributed by atoms with Crippen LogP contribution in [0.5, 0.6) is 0 Å². The van der Waals surface area contributed by atoms with E-state index in [9.17, 15) is 0 Å². The summed E-state index contributed by atoms with van der Waals surface area (Å²) < 4.78 is -3.93. The topological polar surface area (TPSA) is 50.7 Å². The minimum absolute atomic E-state index is 0.0760. The van der Waals surface area contributed by atoms with Crippen LogP contribution >= 0.6 is 104 Å². The summed E-state index contributed by atoms with van der Waals surface area (Å²) in [7, 11) is 0. The molecule has 130 valence electrons. The van der Waals surface area contributed by atoms with Gasteiger partial charge >= 0.3 is 0 Å². The summed E-state index contributed by atoms with van der Waals surface area (Å²) in [5, 5.41) is 3.54. The molecule has 4 nitrogen and oxygen atoms in total. The molecule has 0 fully saturated rings. The Morgan fingerprint density at radius 1 is 0.667 bits per heavy atom. The molecule has 1 aromatic carbocycles. The normalized spacial score (nSPS) is 12.4. The summed E-state index contributed by atoms with van der Waals surface area (Å²) in [5.41, 5.74) is 0.336. The maximum absolute atomic E-state index is 6.08. The van der Waals surface area contributed by atoms with Gasteiger partial charge in [-0.25, -0.2) is 4.98 Å². The van der Waals surface area contributed by atoms with Gasteiger partial charge in [-0.3, -0.25) is 0 Å². The van der Waals surface area contributed by atoms with Crippen molar-refractivity contribution in [2.24, 2.45) is 0 Å². The first-order chi connectivity index (χ1) is 10.9. The van der Waals surface area contributed by atoms with E-state index in [0.29, 0.717) is 5.69 Å². The molecule has 0 aliphatic rings. The van der Waals surface area contributed by atoms with Crippen LogP contribution in [-0.4, -0.2) is 15.0 Å². The Morgan fingerprint density at radius 3 is 1.58 bits per heavy atom. The minimum Gasteiger partial charge on any atom is -0.323 e. The van der Waals surface area contributed by atoms with E-state index in [4.69, 9.17) is 104 Å². The second kappa shape index (κ2) is 7.71.